The van der Waals surface area contributed by atoms with Crippen molar-refractivity contribution in [2.24, 2.45) is 11.8 Å². The zero-order chi connectivity index (χ0) is 15.7. The average Bonchev–Trinajstić information content (AvgIpc) is 2.96. The highest BCUT2D eigenvalue weighted by Crippen LogP contribution is 2.40. The summed E-state index contributed by atoms with van der Waals surface area (Å²) in [6, 6.07) is 9.99. The Bertz CT molecular complexity index is 509. The standard InChI is InChI=1S/C18H25NO3/c1-18(2,3)22-17(20)19-11-13-9-16(10-14(13)12-19)21-15-7-5-4-6-8-15/h4-8,13-14,16H,9-12H2,1-3H3/t13-,14+,16?. The predicted molar refractivity (Wildman–Crippen MR) is 84.9 cm³/mol. The molecule has 1 aromatic rings. The van der Waals surface area contributed by atoms with Gasteiger partial charge in [0.1, 0.15) is 11.4 Å². The van der Waals surface area contributed by atoms with Crippen LogP contribution in [0.15, 0.2) is 30.3 Å². The third-order valence-corrected chi connectivity index (χ3v) is 4.41. The zero-order valence-electron chi connectivity index (χ0n) is 13.6. The maximum atomic E-state index is 12.1. The Balaban J connectivity index is 1.51. The van der Waals surface area contributed by atoms with Gasteiger partial charge in [0.05, 0.1) is 6.10 Å². The number of carbonyl (C=O) groups is 1. The van der Waals surface area contributed by atoms with Crippen molar-refractivity contribution >= 4 is 6.09 Å². The second kappa shape index (κ2) is 5.82. The van der Waals surface area contributed by atoms with Crippen LogP contribution < -0.4 is 4.74 Å². The number of amides is 1. The van der Waals surface area contributed by atoms with Gasteiger partial charge in [-0.1, -0.05) is 18.2 Å². The monoisotopic (exact) mass is 303 g/mol. The van der Waals surface area contributed by atoms with E-state index in [2.05, 4.69) is 0 Å². The second-order valence-corrected chi connectivity index (χ2v) is 7.43. The van der Waals surface area contributed by atoms with Crippen LogP contribution in [0.1, 0.15) is 33.6 Å². The molecular formula is C18H25NO3. The van der Waals surface area contributed by atoms with Crippen LogP contribution in [-0.2, 0) is 4.74 Å². The number of ether oxygens (including phenoxy) is 2. The first kappa shape index (κ1) is 15.2. The molecule has 0 bridgehead atoms. The molecule has 2 aliphatic rings. The van der Waals surface area contributed by atoms with Gasteiger partial charge in [0, 0.05) is 13.1 Å². The third kappa shape index (κ3) is 3.54. The Labute approximate surface area is 132 Å². The summed E-state index contributed by atoms with van der Waals surface area (Å²) in [6.45, 7) is 7.32. The summed E-state index contributed by atoms with van der Waals surface area (Å²) < 4.78 is 11.5. The van der Waals surface area contributed by atoms with Crippen LogP contribution in [0.5, 0.6) is 5.75 Å². The van der Waals surface area contributed by atoms with Gasteiger partial charge in [0.2, 0.25) is 0 Å². The minimum Gasteiger partial charge on any atom is -0.490 e. The molecule has 0 N–H and O–H groups in total. The smallest absolute Gasteiger partial charge is 0.410 e. The van der Waals surface area contributed by atoms with E-state index in [4.69, 9.17) is 9.47 Å². The molecule has 1 heterocycles. The van der Waals surface area contributed by atoms with Crippen LogP contribution in [0.25, 0.3) is 0 Å². The lowest BCUT2D eigenvalue weighted by Gasteiger charge is -2.25. The first-order valence-electron chi connectivity index (χ1n) is 8.10. The van der Waals surface area contributed by atoms with Crippen molar-refractivity contribution in [3.63, 3.8) is 0 Å². The molecule has 120 valence electrons. The Morgan fingerprint density at radius 1 is 1.09 bits per heavy atom. The predicted octanol–water partition coefficient (Wildman–Crippen LogP) is 3.71. The third-order valence-electron chi connectivity index (χ3n) is 4.41. The Morgan fingerprint density at radius 3 is 2.23 bits per heavy atom. The number of hydrogen-bond acceptors (Lipinski definition) is 3. The first-order chi connectivity index (χ1) is 10.4. The van der Waals surface area contributed by atoms with E-state index < -0.39 is 5.60 Å². The highest BCUT2D eigenvalue weighted by molar-refractivity contribution is 5.68. The number of rotatable bonds is 2. The largest absolute Gasteiger partial charge is 0.490 e. The van der Waals surface area contributed by atoms with Crippen molar-refractivity contribution in [2.75, 3.05) is 13.1 Å². The van der Waals surface area contributed by atoms with Gasteiger partial charge in [-0.15, -0.1) is 0 Å². The van der Waals surface area contributed by atoms with Crippen LogP contribution >= 0.6 is 0 Å². The fraction of sp³-hybridized carbons (Fsp3) is 0.611. The minimum absolute atomic E-state index is 0.178. The van der Waals surface area contributed by atoms with Gasteiger partial charge in [0.25, 0.3) is 0 Å². The molecule has 1 aliphatic heterocycles. The molecule has 1 amide bonds. The van der Waals surface area contributed by atoms with E-state index in [9.17, 15) is 4.79 Å². The quantitative estimate of drug-likeness (QED) is 0.836. The van der Waals surface area contributed by atoms with Crippen LogP contribution in [0.3, 0.4) is 0 Å². The molecule has 0 spiro atoms. The number of para-hydroxylation sites is 1. The molecule has 0 radical (unpaired) electrons. The molecule has 3 rings (SSSR count). The van der Waals surface area contributed by atoms with Crippen molar-refractivity contribution in [2.45, 2.75) is 45.3 Å². The van der Waals surface area contributed by atoms with Crippen LogP contribution in [0, 0.1) is 11.8 Å². The molecule has 4 heteroatoms. The van der Waals surface area contributed by atoms with Gasteiger partial charge >= 0.3 is 6.09 Å². The van der Waals surface area contributed by atoms with Crippen LogP contribution in [0.2, 0.25) is 0 Å². The van der Waals surface area contributed by atoms with Crippen molar-refractivity contribution in [1.29, 1.82) is 0 Å². The Hall–Kier alpha value is -1.71. The average molecular weight is 303 g/mol. The van der Waals surface area contributed by atoms with Gasteiger partial charge in [-0.3, -0.25) is 0 Å². The molecule has 0 aromatic heterocycles. The molecule has 2 fully saturated rings. The number of nitrogens with zero attached hydrogens (tertiary/aromatic N) is 1. The summed E-state index contributed by atoms with van der Waals surface area (Å²) >= 11 is 0. The molecule has 22 heavy (non-hydrogen) atoms. The SMILES string of the molecule is CC(C)(C)OC(=O)N1C[C@H]2CC(Oc3ccccc3)C[C@H]2C1. The lowest BCUT2D eigenvalue weighted by Crippen LogP contribution is -2.36. The molecule has 1 saturated heterocycles. The fourth-order valence-corrected chi connectivity index (χ4v) is 3.51. The number of hydrogen-bond donors (Lipinski definition) is 0. The van der Waals surface area contributed by atoms with E-state index in [1.807, 2.05) is 56.0 Å². The van der Waals surface area contributed by atoms with Crippen molar-refractivity contribution in [3.8, 4) is 5.75 Å². The van der Waals surface area contributed by atoms with E-state index in [1.165, 1.54) is 0 Å². The van der Waals surface area contributed by atoms with Gasteiger partial charge in [-0.25, -0.2) is 4.79 Å². The summed E-state index contributed by atoms with van der Waals surface area (Å²) in [4.78, 5) is 14.0. The number of benzene rings is 1. The maximum Gasteiger partial charge on any atom is 0.410 e. The highest BCUT2D eigenvalue weighted by Gasteiger charge is 2.44. The van der Waals surface area contributed by atoms with Gasteiger partial charge < -0.3 is 14.4 Å². The van der Waals surface area contributed by atoms with Gasteiger partial charge in [-0.05, 0) is 57.6 Å². The minimum atomic E-state index is -0.423. The molecule has 1 aliphatic carbocycles. The molecule has 4 nitrogen and oxygen atoms in total. The summed E-state index contributed by atoms with van der Waals surface area (Å²) in [5.74, 6) is 2.03. The summed E-state index contributed by atoms with van der Waals surface area (Å²) in [5.41, 5.74) is -0.423. The summed E-state index contributed by atoms with van der Waals surface area (Å²) in [6.07, 6.45) is 2.15. The van der Waals surface area contributed by atoms with Crippen molar-refractivity contribution < 1.29 is 14.3 Å². The Kier molecular flexibility index (Phi) is 4.02. The second-order valence-electron chi connectivity index (χ2n) is 7.43. The summed E-state index contributed by atoms with van der Waals surface area (Å²) in [5, 5.41) is 0. The van der Waals surface area contributed by atoms with E-state index in [0.29, 0.717) is 11.8 Å². The lowest BCUT2D eigenvalue weighted by atomic mass is 10.0. The zero-order valence-corrected chi connectivity index (χ0v) is 13.6. The number of likely N-dealkylation sites (tertiary alicyclic amines) is 1. The molecule has 1 saturated carbocycles. The normalized spacial score (nSPS) is 27.6. The summed E-state index contributed by atoms with van der Waals surface area (Å²) in [7, 11) is 0. The first-order valence-corrected chi connectivity index (χ1v) is 8.10. The molecule has 3 atom stereocenters. The number of fused-ring (bicyclic) bond motifs is 1. The topological polar surface area (TPSA) is 38.8 Å². The molecule has 1 unspecified atom stereocenters. The van der Waals surface area contributed by atoms with E-state index in [-0.39, 0.29) is 12.2 Å². The molecular weight excluding hydrogens is 278 g/mol. The van der Waals surface area contributed by atoms with Crippen molar-refractivity contribution in [3.05, 3.63) is 30.3 Å². The van der Waals surface area contributed by atoms with E-state index in [0.717, 1.165) is 31.7 Å². The lowest BCUT2D eigenvalue weighted by molar-refractivity contribution is 0.0272. The van der Waals surface area contributed by atoms with Crippen LogP contribution in [0.4, 0.5) is 4.79 Å². The van der Waals surface area contributed by atoms with E-state index in [1.54, 1.807) is 0 Å². The van der Waals surface area contributed by atoms with E-state index >= 15 is 0 Å². The van der Waals surface area contributed by atoms with Crippen molar-refractivity contribution in [1.82, 2.24) is 4.90 Å². The van der Waals surface area contributed by atoms with Gasteiger partial charge in [0.15, 0.2) is 0 Å². The Morgan fingerprint density at radius 2 is 1.68 bits per heavy atom. The maximum absolute atomic E-state index is 12.1. The van der Waals surface area contributed by atoms with Gasteiger partial charge in [-0.2, -0.15) is 0 Å². The van der Waals surface area contributed by atoms with Crippen LogP contribution in [-0.4, -0.2) is 35.8 Å². The highest BCUT2D eigenvalue weighted by atomic mass is 16.6. The molecule has 1 aromatic carbocycles. The number of carbonyl (C=O) groups excluding carboxylic acids is 1. The fourth-order valence-electron chi connectivity index (χ4n) is 3.51.